The van der Waals surface area contributed by atoms with E-state index >= 15 is 0 Å². The Labute approximate surface area is 117 Å². The van der Waals surface area contributed by atoms with E-state index in [-0.39, 0.29) is 0 Å². The zero-order chi connectivity index (χ0) is 13.7. The number of rotatable bonds is 6. The van der Waals surface area contributed by atoms with Crippen molar-refractivity contribution in [3.63, 3.8) is 0 Å². The number of benzene rings is 1. The van der Waals surface area contributed by atoms with Crippen molar-refractivity contribution in [2.45, 2.75) is 32.8 Å². The molecule has 102 valence electrons. The number of hydrogen-bond donors (Lipinski definition) is 1. The Hall–Kier alpha value is -1.39. The first-order valence-corrected chi connectivity index (χ1v) is 7.39. The number of aliphatic hydroxyl groups excluding tert-OH is 1. The fraction of sp³-hybridized carbons (Fsp3) is 0.400. The van der Waals surface area contributed by atoms with E-state index in [0.29, 0.717) is 6.42 Å². The standard InChI is InChI=1S/C15H19NO2S/c1-3-8-18-14-6-4-12(5-7-14)15(17)9-13-10-19-11(2)16-13/h4-7,10,15,17H,3,8-9H2,1-2H3. The molecule has 0 saturated heterocycles. The highest BCUT2D eigenvalue weighted by Gasteiger charge is 2.10. The Bertz CT molecular complexity index is 507. The highest BCUT2D eigenvalue weighted by molar-refractivity contribution is 7.09. The van der Waals surface area contributed by atoms with E-state index in [0.717, 1.165) is 35.0 Å². The van der Waals surface area contributed by atoms with Gasteiger partial charge < -0.3 is 9.84 Å². The maximum atomic E-state index is 10.2. The third kappa shape index (κ3) is 4.04. The molecule has 0 fully saturated rings. The van der Waals surface area contributed by atoms with Crippen molar-refractivity contribution >= 4 is 11.3 Å². The maximum absolute atomic E-state index is 10.2. The number of nitrogens with zero attached hydrogens (tertiary/aromatic N) is 1. The molecule has 4 heteroatoms. The molecule has 19 heavy (non-hydrogen) atoms. The van der Waals surface area contributed by atoms with Crippen molar-refractivity contribution in [2.75, 3.05) is 6.61 Å². The van der Waals surface area contributed by atoms with Gasteiger partial charge in [-0.3, -0.25) is 0 Å². The fourth-order valence-corrected chi connectivity index (χ4v) is 2.45. The summed E-state index contributed by atoms with van der Waals surface area (Å²) in [6.07, 6.45) is 1.04. The van der Waals surface area contributed by atoms with Crippen LogP contribution in [0.3, 0.4) is 0 Å². The lowest BCUT2D eigenvalue weighted by molar-refractivity contribution is 0.177. The normalized spacial score (nSPS) is 12.4. The molecule has 1 heterocycles. The predicted molar refractivity (Wildman–Crippen MR) is 77.7 cm³/mol. The van der Waals surface area contributed by atoms with Crippen molar-refractivity contribution in [3.05, 3.63) is 45.9 Å². The number of hydrogen-bond acceptors (Lipinski definition) is 4. The molecule has 1 aromatic heterocycles. The molecule has 1 atom stereocenters. The van der Waals surface area contributed by atoms with Crippen LogP contribution in [0.15, 0.2) is 29.6 Å². The smallest absolute Gasteiger partial charge is 0.119 e. The summed E-state index contributed by atoms with van der Waals surface area (Å²) in [6, 6.07) is 7.63. The first-order chi connectivity index (χ1) is 9.19. The summed E-state index contributed by atoms with van der Waals surface area (Å²) >= 11 is 1.61. The highest BCUT2D eigenvalue weighted by atomic mass is 32.1. The van der Waals surface area contributed by atoms with Crippen molar-refractivity contribution in [3.8, 4) is 5.75 Å². The second-order valence-corrected chi connectivity index (χ2v) is 5.56. The monoisotopic (exact) mass is 277 g/mol. The first-order valence-electron chi connectivity index (χ1n) is 6.51. The average molecular weight is 277 g/mol. The summed E-state index contributed by atoms with van der Waals surface area (Å²) in [5.41, 5.74) is 1.84. The number of thiazole rings is 1. The Morgan fingerprint density at radius 1 is 1.32 bits per heavy atom. The van der Waals surface area contributed by atoms with Crippen molar-refractivity contribution in [1.82, 2.24) is 4.98 Å². The van der Waals surface area contributed by atoms with Crippen LogP contribution in [-0.2, 0) is 6.42 Å². The largest absolute Gasteiger partial charge is 0.494 e. The quantitative estimate of drug-likeness (QED) is 0.878. The minimum absolute atomic E-state index is 0.512. The van der Waals surface area contributed by atoms with Gasteiger partial charge in [0.1, 0.15) is 5.75 Å². The lowest BCUT2D eigenvalue weighted by Crippen LogP contribution is -2.02. The van der Waals surface area contributed by atoms with Gasteiger partial charge in [0.25, 0.3) is 0 Å². The number of ether oxygens (including phenoxy) is 1. The van der Waals surface area contributed by atoms with Gasteiger partial charge in [-0.05, 0) is 31.0 Å². The van der Waals surface area contributed by atoms with Crippen molar-refractivity contribution in [2.24, 2.45) is 0 Å². The van der Waals surface area contributed by atoms with E-state index in [1.807, 2.05) is 36.6 Å². The van der Waals surface area contributed by atoms with Gasteiger partial charge in [0.15, 0.2) is 0 Å². The molecule has 0 amide bonds. The summed E-state index contributed by atoms with van der Waals surface area (Å²) < 4.78 is 5.52. The summed E-state index contributed by atoms with van der Waals surface area (Å²) in [5, 5.41) is 13.2. The molecule has 0 aliphatic heterocycles. The summed E-state index contributed by atoms with van der Waals surface area (Å²) in [5.74, 6) is 0.849. The molecule has 1 aromatic carbocycles. The van der Waals surface area contributed by atoms with Crippen LogP contribution in [0.2, 0.25) is 0 Å². The molecule has 0 radical (unpaired) electrons. The maximum Gasteiger partial charge on any atom is 0.119 e. The molecule has 1 N–H and O–H groups in total. The van der Waals surface area contributed by atoms with E-state index in [1.54, 1.807) is 11.3 Å². The van der Waals surface area contributed by atoms with E-state index in [9.17, 15) is 5.11 Å². The Kier molecular flexibility index (Phi) is 4.93. The predicted octanol–water partition coefficient (Wildman–Crippen LogP) is 3.52. The lowest BCUT2D eigenvalue weighted by Gasteiger charge is -2.11. The molecule has 3 nitrogen and oxygen atoms in total. The minimum atomic E-state index is -0.512. The van der Waals surface area contributed by atoms with Crippen LogP contribution < -0.4 is 4.74 Å². The second kappa shape index (κ2) is 6.68. The number of aryl methyl sites for hydroxylation is 1. The van der Waals surface area contributed by atoms with Crippen LogP contribution in [-0.4, -0.2) is 16.7 Å². The molecule has 2 rings (SSSR count). The molecule has 0 bridgehead atoms. The third-order valence-electron chi connectivity index (χ3n) is 2.81. The van der Waals surface area contributed by atoms with E-state index in [1.165, 1.54) is 0 Å². The molecule has 0 aliphatic carbocycles. The van der Waals surface area contributed by atoms with Gasteiger partial charge in [0, 0.05) is 11.8 Å². The molecule has 2 aromatic rings. The average Bonchev–Trinajstić information content (AvgIpc) is 2.82. The van der Waals surface area contributed by atoms with Gasteiger partial charge in [-0.1, -0.05) is 19.1 Å². The zero-order valence-corrected chi connectivity index (χ0v) is 12.1. The second-order valence-electron chi connectivity index (χ2n) is 4.50. The molecule has 0 saturated carbocycles. The van der Waals surface area contributed by atoms with Crippen LogP contribution in [0, 0.1) is 6.92 Å². The van der Waals surface area contributed by atoms with Gasteiger partial charge in [-0.25, -0.2) is 4.98 Å². The molecular weight excluding hydrogens is 258 g/mol. The van der Waals surface area contributed by atoms with Gasteiger partial charge in [0.2, 0.25) is 0 Å². The zero-order valence-electron chi connectivity index (χ0n) is 11.3. The van der Waals surface area contributed by atoms with E-state index in [4.69, 9.17) is 4.74 Å². The van der Waals surface area contributed by atoms with E-state index < -0.39 is 6.10 Å². The van der Waals surface area contributed by atoms with Gasteiger partial charge in [-0.15, -0.1) is 11.3 Å². The summed E-state index contributed by atoms with van der Waals surface area (Å²) in [4.78, 5) is 4.37. The third-order valence-corrected chi connectivity index (χ3v) is 3.63. The summed E-state index contributed by atoms with van der Waals surface area (Å²) in [7, 11) is 0. The van der Waals surface area contributed by atoms with Crippen LogP contribution >= 0.6 is 11.3 Å². The van der Waals surface area contributed by atoms with Crippen LogP contribution in [0.5, 0.6) is 5.75 Å². The van der Waals surface area contributed by atoms with Crippen molar-refractivity contribution in [1.29, 1.82) is 0 Å². The number of aliphatic hydroxyl groups is 1. The van der Waals surface area contributed by atoms with Crippen molar-refractivity contribution < 1.29 is 9.84 Å². The number of aromatic nitrogens is 1. The highest BCUT2D eigenvalue weighted by Crippen LogP contribution is 2.22. The SMILES string of the molecule is CCCOc1ccc(C(O)Cc2csc(C)n2)cc1. The fourth-order valence-electron chi connectivity index (χ4n) is 1.82. The molecule has 1 unspecified atom stereocenters. The van der Waals surface area contributed by atoms with Gasteiger partial charge in [0.05, 0.1) is 23.4 Å². The van der Waals surface area contributed by atoms with Crippen LogP contribution in [0.1, 0.15) is 35.7 Å². The van der Waals surface area contributed by atoms with Crippen LogP contribution in [0.25, 0.3) is 0 Å². The van der Waals surface area contributed by atoms with E-state index in [2.05, 4.69) is 11.9 Å². The van der Waals surface area contributed by atoms with Gasteiger partial charge in [-0.2, -0.15) is 0 Å². The molecule has 0 spiro atoms. The lowest BCUT2D eigenvalue weighted by atomic mass is 10.1. The Morgan fingerprint density at radius 3 is 2.63 bits per heavy atom. The Morgan fingerprint density at radius 2 is 2.05 bits per heavy atom. The topological polar surface area (TPSA) is 42.4 Å². The van der Waals surface area contributed by atoms with Gasteiger partial charge >= 0.3 is 0 Å². The first kappa shape index (κ1) is 14.0. The van der Waals surface area contributed by atoms with Crippen LogP contribution in [0.4, 0.5) is 0 Å². The Balaban J connectivity index is 1.97. The summed E-state index contributed by atoms with van der Waals surface area (Å²) in [6.45, 7) is 4.77. The molecular formula is C15H19NO2S. The molecule has 0 aliphatic rings. The minimum Gasteiger partial charge on any atom is -0.494 e.